The monoisotopic (exact) mass is 329 g/mol. The van der Waals surface area contributed by atoms with E-state index in [2.05, 4.69) is 5.32 Å². The molecule has 1 atom stereocenters. The number of nitrogens with two attached hydrogens (primary N) is 1. The van der Waals surface area contributed by atoms with Gasteiger partial charge in [0.1, 0.15) is 11.9 Å². The first kappa shape index (κ1) is 16.1. The number of carbonyl (C=O) groups is 2. The van der Waals surface area contributed by atoms with Crippen LogP contribution in [-0.2, 0) is 9.53 Å². The zero-order chi connectivity index (χ0) is 16.9. The van der Waals surface area contributed by atoms with E-state index >= 15 is 0 Å². The van der Waals surface area contributed by atoms with Crippen molar-refractivity contribution in [2.45, 2.75) is 6.10 Å². The van der Waals surface area contributed by atoms with Gasteiger partial charge in [-0.25, -0.2) is 0 Å². The maximum absolute atomic E-state index is 12.4. The topological polar surface area (TPSA) is 97.8 Å². The molecule has 0 radical (unpaired) electrons. The molecule has 1 unspecified atom stereocenters. The number of para-hydroxylation sites is 1. The van der Waals surface area contributed by atoms with Crippen LogP contribution in [0.4, 0.5) is 5.69 Å². The highest BCUT2D eigenvalue weighted by atomic mass is 16.5. The van der Waals surface area contributed by atoms with Crippen molar-refractivity contribution < 1.29 is 18.7 Å². The van der Waals surface area contributed by atoms with Crippen LogP contribution in [0.3, 0.4) is 0 Å². The van der Waals surface area contributed by atoms with E-state index in [0.717, 1.165) is 0 Å². The van der Waals surface area contributed by atoms with Crippen molar-refractivity contribution in [2.75, 3.05) is 31.6 Å². The van der Waals surface area contributed by atoms with Crippen LogP contribution in [-0.4, -0.2) is 43.0 Å². The Labute approximate surface area is 139 Å². The minimum absolute atomic E-state index is 0.0749. The number of primary amides is 1. The molecule has 1 aromatic heterocycles. The van der Waals surface area contributed by atoms with Gasteiger partial charge in [0.05, 0.1) is 31.5 Å². The fourth-order valence-electron chi connectivity index (χ4n) is 2.66. The third kappa shape index (κ3) is 3.57. The highest BCUT2D eigenvalue weighted by Crippen LogP contribution is 2.22. The van der Waals surface area contributed by atoms with Crippen LogP contribution >= 0.6 is 0 Å². The minimum Gasteiger partial charge on any atom is -0.467 e. The molecule has 0 bridgehead atoms. The van der Waals surface area contributed by atoms with Crippen molar-refractivity contribution in [1.82, 2.24) is 4.90 Å². The Morgan fingerprint density at radius 3 is 2.83 bits per heavy atom. The van der Waals surface area contributed by atoms with Gasteiger partial charge in [0.25, 0.3) is 5.91 Å². The number of ether oxygens (including phenoxy) is 1. The zero-order valence-electron chi connectivity index (χ0n) is 13.1. The van der Waals surface area contributed by atoms with Crippen LogP contribution in [0.5, 0.6) is 0 Å². The second-order valence-corrected chi connectivity index (χ2v) is 5.48. The molecule has 7 nitrogen and oxygen atoms in total. The summed E-state index contributed by atoms with van der Waals surface area (Å²) in [6, 6.07) is 10.5. The maximum Gasteiger partial charge on any atom is 0.250 e. The molecule has 1 aromatic carbocycles. The first-order valence-corrected chi connectivity index (χ1v) is 7.70. The van der Waals surface area contributed by atoms with Crippen molar-refractivity contribution in [3.8, 4) is 0 Å². The Morgan fingerprint density at radius 1 is 1.25 bits per heavy atom. The summed E-state index contributed by atoms with van der Waals surface area (Å²) in [5.41, 5.74) is 6.25. The third-order valence-corrected chi connectivity index (χ3v) is 3.90. The van der Waals surface area contributed by atoms with Gasteiger partial charge in [-0.2, -0.15) is 0 Å². The molecular formula is C17H19N3O4. The molecule has 2 amide bonds. The number of benzene rings is 1. The number of hydrogen-bond donors (Lipinski definition) is 2. The largest absolute Gasteiger partial charge is 0.467 e. The highest BCUT2D eigenvalue weighted by molar-refractivity contribution is 5.99. The number of carbonyl (C=O) groups excluding carboxylic acids is 2. The number of hydrogen-bond acceptors (Lipinski definition) is 5. The molecule has 24 heavy (non-hydrogen) atoms. The van der Waals surface area contributed by atoms with Gasteiger partial charge in [-0.15, -0.1) is 0 Å². The molecule has 0 aliphatic carbocycles. The molecule has 7 heteroatoms. The average molecular weight is 329 g/mol. The van der Waals surface area contributed by atoms with Crippen molar-refractivity contribution in [2.24, 2.45) is 5.73 Å². The van der Waals surface area contributed by atoms with Gasteiger partial charge in [-0.3, -0.25) is 9.59 Å². The fraction of sp³-hybridized carbons (Fsp3) is 0.294. The zero-order valence-corrected chi connectivity index (χ0v) is 13.1. The van der Waals surface area contributed by atoms with Crippen molar-refractivity contribution >= 4 is 17.5 Å². The lowest BCUT2D eigenvalue weighted by atomic mass is 10.1. The summed E-state index contributed by atoms with van der Waals surface area (Å²) in [5, 5.41) is 2.98. The number of rotatable bonds is 5. The highest BCUT2D eigenvalue weighted by Gasteiger charge is 2.26. The van der Waals surface area contributed by atoms with Crippen molar-refractivity contribution in [3.63, 3.8) is 0 Å². The Bertz CT molecular complexity index is 714. The van der Waals surface area contributed by atoms with Gasteiger partial charge in [0.15, 0.2) is 0 Å². The number of nitrogens with one attached hydrogen (secondary N) is 1. The molecule has 3 N–H and O–H groups in total. The van der Waals surface area contributed by atoms with Crippen LogP contribution in [0, 0.1) is 0 Å². The lowest BCUT2D eigenvalue weighted by Crippen LogP contribution is -2.44. The Kier molecular flexibility index (Phi) is 4.81. The molecule has 2 heterocycles. The summed E-state index contributed by atoms with van der Waals surface area (Å²) in [6.45, 7) is 1.49. The lowest BCUT2D eigenvalue weighted by Gasteiger charge is -2.32. The minimum atomic E-state index is -0.533. The predicted molar refractivity (Wildman–Crippen MR) is 87.4 cm³/mol. The van der Waals surface area contributed by atoms with E-state index in [9.17, 15) is 9.59 Å². The molecule has 1 aliphatic heterocycles. The van der Waals surface area contributed by atoms with E-state index in [-0.39, 0.29) is 18.6 Å². The second kappa shape index (κ2) is 7.18. The summed E-state index contributed by atoms with van der Waals surface area (Å²) >= 11 is 0. The molecule has 3 rings (SSSR count). The molecule has 0 spiro atoms. The Balaban J connectivity index is 1.60. The molecule has 1 aliphatic rings. The van der Waals surface area contributed by atoms with Gasteiger partial charge >= 0.3 is 0 Å². The first-order chi connectivity index (χ1) is 11.6. The number of nitrogens with zero attached hydrogens (tertiary/aromatic N) is 1. The van der Waals surface area contributed by atoms with Crippen LogP contribution in [0.25, 0.3) is 0 Å². The van der Waals surface area contributed by atoms with Crippen molar-refractivity contribution in [3.05, 3.63) is 54.0 Å². The Hall–Kier alpha value is -2.80. The van der Waals surface area contributed by atoms with E-state index in [4.69, 9.17) is 14.9 Å². The molecule has 2 aromatic rings. The molecule has 126 valence electrons. The van der Waals surface area contributed by atoms with Gasteiger partial charge in [-0.05, 0) is 24.3 Å². The van der Waals surface area contributed by atoms with Crippen LogP contribution in [0.15, 0.2) is 47.1 Å². The molecular weight excluding hydrogens is 310 g/mol. The third-order valence-electron chi connectivity index (χ3n) is 3.90. The summed E-state index contributed by atoms with van der Waals surface area (Å²) < 4.78 is 11.0. The SMILES string of the molecule is NC(=O)c1ccccc1NCC(=O)N1CCOC(c2ccco2)C1. The van der Waals surface area contributed by atoms with E-state index in [1.54, 1.807) is 41.5 Å². The number of anilines is 1. The van der Waals surface area contributed by atoms with Crippen molar-refractivity contribution in [1.29, 1.82) is 0 Å². The van der Waals surface area contributed by atoms with Crippen LogP contribution in [0.2, 0.25) is 0 Å². The van der Waals surface area contributed by atoms with Gasteiger partial charge in [0, 0.05) is 12.2 Å². The second-order valence-electron chi connectivity index (χ2n) is 5.48. The Morgan fingerprint density at radius 2 is 2.08 bits per heavy atom. The number of amides is 2. The van der Waals surface area contributed by atoms with E-state index < -0.39 is 5.91 Å². The molecule has 0 saturated carbocycles. The molecule has 1 saturated heterocycles. The van der Waals surface area contributed by atoms with Gasteiger partial charge < -0.3 is 25.1 Å². The van der Waals surface area contributed by atoms with Crippen LogP contribution < -0.4 is 11.1 Å². The fourth-order valence-corrected chi connectivity index (χ4v) is 2.66. The number of morpholine rings is 1. The summed E-state index contributed by atoms with van der Waals surface area (Å²) in [5.74, 6) is 0.100. The summed E-state index contributed by atoms with van der Waals surface area (Å²) in [7, 11) is 0. The number of furan rings is 1. The van der Waals surface area contributed by atoms with Gasteiger partial charge in [0.2, 0.25) is 5.91 Å². The quantitative estimate of drug-likeness (QED) is 0.864. The lowest BCUT2D eigenvalue weighted by molar-refractivity contribution is -0.137. The maximum atomic E-state index is 12.4. The smallest absolute Gasteiger partial charge is 0.250 e. The predicted octanol–water partition coefficient (Wildman–Crippen LogP) is 1.39. The molecule has 1 fully saturated rings. The standard InChI is InChI=1S/C17H19N3O4/c18-17(22)12-4-1-2-5-13(12)19-10-16(21)20-7-9-24-15(11-20)14-6-3-8-23-14/h1-6,8,15,19H,7,9-11H2,(H2,18,22). The van der Waals surface area contributed by atoms with E-state index in [1.807, 2.05) is 6.07 Å². The van der Waals surface area contributed by atoms with E-state index in [1.165, 1.54) is 0 Å². The first-order valence-electron chi connectivity index (χ1n) is 7.70. The van der Waals surface area contributed by atoms with E-state index in [0.29, 0.717) is 36.7 Å². The van der Waals surface area contributed by atoms with Crippen LogP contribution in [0.1, 0.15) is 22.2 Å². The normalized spacial score (nSPS) is 17.5. The summed E-state index contributed by atoms with van der Waals surface area (Å²) in [4.78, 5) is 25.6. The summed E-state index contributed by atoms with van der Waals surface area (Å²) in [6.07, 6.45) is 1.33. The average Bonchev–Trinajstić information content (AvgIpc) is 3.14. The van der Waals surface area contributed by atoms with Gasteiger partial charge in [-0.1, -0.05) is 12.1 Å².